The van der Waals surface area contributed by atoms with Gasteiger partial charge in [-0.3, -0.25) is 14.8 Å². The van der Waals surface area contributed by atoms with Crippen molar-refractivity contribution in [1.82, 2.24) is 19.9 Å². The number of likely N-dealkylation sites (tertiary alicyclic amines) is 1. The number of anilines is 1. The van der Waals surface area contributed by atoms with Crippen LogP contribution in [-0.4, -0.2) is 51.9 Å². The van der Waals surface area contributed by atoms with Crippen LogP contribution in [0.3, 0.4) is 0 Å². The largest absolute Gasteiger partial charge is 0.356 e. The monoisotopic (exact) mass is 423 g/mol. The van der Waals surface area contributed by atoms with Crippen molar-refractivity contribution < 1.29 is 4.79 Å². The molecule has 2 aliphatic rings. The SMILES string of the molecule is O=C(c1ccc2nccnc2c1)N1CC2CN(c3ccc(Br)cn3)CC2C1. The van der Waals surface area contributed by atoms with E-state index in [-0.39, 0.29) is 5.91 Å². The van der Waals surface area contributed by atoms with Crippen LogP contribution in [-0.2, 0) is 0 Å². The Morgan fingerprint density at radius 2 is 1.67 bits per heavy atom. The van der Waals surface area contributed by atoms with Crippen molar-refractivity contribution in [2.24, 2.45) is 11.8 Å². The molecule has 0 radical (unpaired) electrons. The van der Waals surface area contributed by atoms with Gasteiger partial charge in [-0.2, -0.15) is 0 Å². The molecule has 2 fully saturated rings. The summed E-state index contributed by atoms with van der Waals surface area (Å²) in [6.45, 7) is 3.50. The number of halogens is 1. The van der Waals surface area contributed by atoms with Gasteiger partial charge in [0.2, 0.25) is 0 Å². The Bertz CT molecular complexity index is 995. The molecular formula is C20H18BrN5O. The van der Waals surface area contributed by atoms with Crippen molar-refractivity contribution in [3.05, 3.63) is 59.0 Å². The maximum absolute atomic E-state index is 13.0. The molecule has 136 valence electrons. The lowest BCUT2D eigenvalue weighted by atomic mass is 10.0. The van der Waals surface area contributed by atoms with Gasteiger partial charge in [0.1, 0.15) is 5.82 Å². The first-order chi connectivity index (χ1) is 13.2. The van der Waals surface area contributed by atoms with E-state index >= 15 is 0 Å². The fraction of sp³-hybridized carbons (Fsp3) is 0.300. The molecule has 1 aromatic carbocycles. The number of hydrogen-bond acceptors (Lipinski definition) is 5. The minimum atomic E-state index is 0.0882. The molecular weight excluding hydrogens is 406 g/mol. The molecule has 0 spiro atoms. The second-order valence-corrected chi connectivity index (χ2v) is 8.15. The van der Waals surface area contributed by atoms with E-state index in [1.54, 1.807) is 12.4 Å². The van der Waals surface area contributed by atoms with Gasteiger partial charge in [0.05, 0.1) is 11.0 Å². The molecule has 0 aliphatic carbocycles. The molecule has 2 unspecified atom stereocenters. The van der Waals surface area contributed by atoms with Gasteiger partial charge in [0, 0.05) is 66.6 Å². The zero-order valence-corrected chi connectivity index (χ0v) is 16.2. The highest BCUT2D eigenvalue weighted by Crippen LogP contribution is 2.34. The molecule has 1 amide bonds. The van der Waals surface area contributed by atoms with E-state index in [0.29, 0.717) is 17.4 Å². The molecule has 0 saturated carbocycles. The Morgan fingerprint density at radius 1 is 0.926 bits per heavy atom. The number of rotatable bonds is 2. The number of pyridine rings is 1. The predicted octanol–water partition coefficient (Wildman–Crippen LogP) is 3.00. The maximum atomic E-state index is 13.0. The molecule has 2 aromatic heterocycles. The molecule has 5 rings (SSSR count). The highest BCUT2D eigenvalue weighted by atomic mass is 79.9. The average molecular weight is 424 g/mol. The molecule has 0 bridgehead atoms. The Morgan fingerprint density at radius 3 is 2.37 bits per heavy atom. The third kappa shape index (κ3) is 3.06. The van der Waals surface area contributed by atoms with Crippen LogP contribution in [0.15, 0.2) is 53.4 Å². The number of amides is 1. The number of carbonyl (C=O) groups is 1. The standard InChI is InChI=1S/C20H18BrN5O/c21-16-2-4-19(24-8-16)25-9-14-11-26(12-15(14)10-25)20(27)13-1-3-17-18(7-13)23-6-5-22-17/h1-8,14-15H,9-12H2. The van der Waals surface area contributed by atoms with Crippen LogP contribution < -0.4 is 4.90 Å². The summed E-state index contributed by atoms with van der Waals surface area (Å²) in [5, 5.41) is 0. The average Bonchev–Trinajstić information content (AvgIpc) is 3.27. The Hall–Kier alpha value is -2.54. The Balaban J connectivity index is 1.29. The maximum Gasteiger partial charge on any atom is 0.253 e. The Labute approximate surface area is 165 Å². The number of aromatic nitrogens is 3. The van der Waals surface area contributed by atoms with Crippen LogP contribution in [0.2, 0.25) is 0 Å². The number of nitrogens with zero attached hydrogens (tertiary/aromatic N) is 5. The third-order valence-corrected chi connectivity index (χ3v) is 5.99. The normalized spacial score (nSPS) is 21.7. The van der Waals surface area contributed by atoms with E-state index < -0.39 is 0 Å². The highest BCUT2D eigenvalue weighted by molar-refractivity contribution is 9.10. The molecule has 2 saturated heterocycles. The van der Waals surface area contributed by atoms with E-state index in [0.717, 1.165) is 47.5 Å². The molecule has 3 aromatic rings. The number of hydrogen-bond donors (Lipinski definition) is 0. The van der Waals surface area contributed by atoms with Gasteiger partial charge in [-0.05, 0) is 46.3 Å². The van der Waals surface area contributed by atoms with E-state index in [9.17, 15) is 4.79 Å². The van der Waals surface area contributed by atoms with E-state index in [1.165, 1.54) is 0 Å². The zero-order valence-electron chi connectivity index (χ0n) is 14.6. The molecule has 2 atom stereocenters. The van der Waals surface area contributed by atoms with Gasteiger partial charge in [-0.1, -0.05) is 0 Å². The fourth-order valence-electron chi connectivity index (χ4n) is 4.18. The van der Waals surface area contributed by atoms with Gasteiger partial charge in [-0.15, -0.1) is 0 Å². The highest BCUT2D eigenvalue weighted by Gasteiger charge is 2.42. The van der Waals surface area contributed by atoms with Crippen molar-refractivity contribution in [2.45, 2.75) is 0 Å². The first kappa shape index (κ1) is 16.6. The summed E-state index contributed by atoms with van der Waals surface area (Å²) >= 11 is 3.43. The van der Waals surface area contributed by atoms with Gasteiger partial charge in [-0.25, -0.2) is 4.98 Å². The Kier molecular flexibility index (Phi) is 4.04. The minimum absolute atomic E-state index is 0.0882. The van der Waals surface area contributed by atoms with E-state index in [4.69, 9.17) is 0 Å². The first-order valence-electron chi connectivity index (χ1n) is 9.04. The van der Waals surface area contributed by atoms with Crippen molar-refractivity contribution in [1.29, 1.82) is 0 Å². The lowest BCUT2D eigenvalue weighted by molar-refractivity contribution is 0.0782. The molecule has 0 N–H and O–H groups in total. The van der Waals surface area contributed by atoms with Crippen molar-refractivity contribution >= 4 is 38.7 Å². The molecule has 4 heterocycles. The second kappa shape index (κ2) is 6.56. The van der Waals surface area contributed by atoms with Crippen LogP contribution in [0.25, 0.3) is 11.0 Å². The summed E-state index contributed by atoms with van der Waals surface area (Å²) < 4.78 is 0.988. The van der Waals surface area contributed by atoms with Crippen LogP contribution in [0.1, 0.15) is 10.4 Å². The topological polar surface area (TPSA) is 62.2 Å². The molecule has 2 aliphatic heterocycles. The summed E-state index contributed by atoms with van der Waals surface area (Å²) in [6.07, 6.45) is 5.15. The summed E-state index contributed by atoms with van der Waals surface area (Å²) in [6, 6.07) is 9.63. The van der Waals surface area contributed by atoms with Gasteiger partial charge in [0.15, 0.2) is 0 Å². The number of benzene rings is 1. The van der Waals surface area contributed by atoms with Gasteiger partial charge < -0.3 is 9.80 Å². The quantitative estimate of drug-likeness (QED) is 0.633. The lowest BCUT2D eigenvalue weighted by Gasteiger charge is -2.22. The number of carbonyl (C=O) groups excluding carboxylic acids is 1. The van der Waals surface area contributed by atoms with E-state index in [1.807, 2.05) is 41.4 Å². The molecule has 7 heteroatoms. The van der Waals surface area contributed by atoms with Gasteiger partial charge >= 0.3 is 0 Å². The minimum Gasteiger partial charge on any atom is -0.356 e. The second-order valence-electron chi connectivity index (χ2n) is 7.23. The molecule has 6 nitrogen and oxygen atoms in total. The summed E-state index contributed by atoms with van der Waals surface area (Å²) in [5.41, 5.74) is 2.26. The van der Waals surface area contributed by atoms with Gasteiger partial charge in [0.25, 0.3) is 5.91 Å². The van der Waals surface area contributed by atoms with Crippen LogP contribution in [0.5, 0.6) is 0 Å². The lowest BCUT2D eigenvalue weighted by Crippen LogP contribution is -2.33. The summed E-state index contributed by atoms with van der Waals surface area (Å²) in [5.74, 6) is 2.10. The van der Waals surface area contributed by atoms with Crippen LogP contribution in [0, 0.1) is 11.8 Å². The fourth-order valence-corrected chi connectivity index (χ4v) is 4.41. The summed E-state index contributed by atoms with van der Waals surface area (Å²) in [4.78, 5) is 30.3. The van der Waals surface area contributed by atoms with Crippen molar-refractivity contribution in [3.8, 4) is 0 Å². The number of fused-ring (bicyclic) bond motifs is 2. The van der Waals surface area contributed by atoms with Crippen LogP contribution >= 0.6 is 15.9 Å². The van der Waals surface area contributed by atoms with Crippen molar-refractivity contribution in [2.75, 3.05) is 31.1 Å². The van der Waals surface area contributed by atoms with Crippen molar-refractivity contribution in [3.63, 3.8) is 0 Å². The smallest absolute Gasteiger partial charge is 0.253 e. The van der Waals surface area contributed by atoms with E-state index in [2.05, 4.69) is 35.8 Å². The predicted molar refractivity (Wildman–Crippen MR) is 107 cm³/mol. The molecule has 27 heavy (non-hydrogen) atoms. The first-order valence-corrected chi connectivity index (χ1v) is 9.83. The summed E-state index contributed by atoms with van der Waals surface area (Å²) in [7, 11) is 0. The third-order valence-electron chi connectivity index (χ3n) is 5.53. The van der Waals surface area contributed by atoms with Crippen LogP contribution in [0.4, 0.5) is 5.82 Å². The zero-order chi connectivity index (χ0) is 18.4.